The second-order valence-electron chi connectivity index (χ2n) is 4.18. The maximum atomic E-state index is 11.9. The summed E-state index contributed by atoms with van der Waals surface area (Å²) in [4.78, 5) is 33.1. The lowest BCUT2D eigenvalue weighted by molar-refractivity contribution is -0.384. The van der Waals surface area contributed by atoms with Crippen molar-refractivity contribution in [3.05, 3.63) is 33.9 Å². The molecule has 7 nitrogen and oxygen atoms in total. The van der Waals surface area contributed by atoms with Gasteiger partial charge >= 0.3 is 5.97 Å². The molecule has 0 heterocycles. The van der Waals surface area contributed by atoms with Gasteiger partial charge in [-0.05, 0) is 6.07 Å². The fraction of sp³-hybridized carbons (Fsp3) is 0.333. The molecule has 1 amide bonds. The van der Waals surface area contributed by atoms with E-state index < -0.39 is 23.3 Å². The third-order valence-corrected chi connectivity index (χ3v) is 3.26. The maximum absolute atomic E-state index is 11.9. The first kappa shape index (κ1) is 16.0. The highest BCUT2D eigenvalue weighted by molar-refractivity contribution is 8.00. The third kappa shape index (κ3) is 4.54. The molecule has 1 rings (SSSR count). The number of nitro benzene ring substituents is 1. The van der Waals surface area contributed by atoms with E-state index in [0.29, 0.717) is 4.90 Å². The Balaban J connectivity index is 3.09. The summed E-state index contributed by atoms with van der Waals surface area (Å²) in [5.74, 6) is -1.82. The number of benzene rings is 1. The first-order chi connectivity index (χ1) is 9.31. The Labute approximate surface area is 119 Å². The molecule has 0 radical (unpaired) electrons. The highest BCUT2D eigenvalue weighted by Gasteiger charge is 2.18. The average Bonchev–Trinajstić information content (AvgIpc) is 2.35. The highest BCUT2D eigenvalue weighted by atomic mass is 32.2. The average molecular weight is 298 g/mol. The van der Waals surface area contributed by atoms with E-state index >= 15 is 0 Å². The molecule has 0 saturated heterocycles. The van der Waals surface area contributed by atoms with Crippen LogP contribution in [0.15, 0.2) is 23.1 Å². The van der Waals surface area contributed by atoms with E-state index in [0.717, 1.165) is 6.07 Å². The number of aliphatic carboxylic acids is 1. The van der Waals surface area contributed by atoms with Gasteiger partial charge in [0.05, 0.1) is 10.5 Å². The van der Waals surface area contributed by atoms with Gasteiger partial charge in [-0.15, -0.1) is 11.8 Å². The van der Waals surface area contributed by atoms with Crippen molar-refractivity contribution >= 4 is 29.3 Å². The van der Waals surface area contributed by atoms with Gasteiger partial charge < -0.3 is 10.4 Å². The van der Waals surface area contributed by atoms with Gasteiger partial charge in [-0.1, -0.05) is 13.8 Å². The number of nitrogens with zero attached hydrogens (tertiary/aromatic N) is 1. The van der Waals surface area contributed by atoms with Crippen molar-refractivity contribution in [3.63, 3.8) is 0 Å². The summed E-state index contributed by atoms with van der Waals surface area (Å²) in [7, 11) is 0. The molecule has 0 aliphatic rings. The zero-order chi connectivity index (χ0) is 15.3. The second-order valence-corrected chi connectivity index (χ2v) is 5.80. The Kier molecular flexibility index (Phi) is 5.51. The number of hydrogen-bond acceptors (Lipinski definition) is 5. The van der Waals surface area contributed by atoms with Crippen LogP contribution < -0.4 is 5.32 Å². The minimum absolute atomic E-state index is 0.110. The highest BCUT2D eigenvalue weighted by Crippen LogP contribution is 2.29. The van der Waals surface area contributed by atoms with Crippen molar-refractivity contribution in [2.75, 3.05) is 6.54 Å². The molecule has 0 spiro atoms. The van der Waals surface area contributed by atoms with E-state index in [1.165, 1.54) is 23.9 Å². The maximum Gasteiger partial charge on any atom is 0.322 e. The normalized spacial score (nSPS) is 10.3. The first-order valence-corrected chi connectivity index (χ1v) is 6.64. The lowest BCUT2D eigenvalue weighted by atomic mass is 10.2. The standard InChI is InChI=1S/C12H14N2O5S/c1-7(2)20-10-4-3-8(14(18)19)5-9(10)12(17)13-6-11(15)16/h3-5,7H,6H2,1-2H3,(H,13,17)(H,15,16). The molecule has 2 N–H and O–H groups in total. The largest absolute Gasteiger partial charge is 0.480 e. The predicted molar refractivity (Wildman–Crippen MR) is 74.1 cm³/mol. The van der Waals surface area contributed by atoms with Gasteiger partial charge in [0, 0.05) is 22.3 Å². The number of rotatable bonds is 6. The van der Waals surface area contributed by atoms with Crippen LogP contribution in [0.2, 0.25) is 0 Å². The fourth-order valence-corrected chi connectivity index (χ4v) is 2.35. The summed E-state index contributed by atoms with van der Waals surface area (Å²) < 4.78 is 0. The van der Waals surface area contributed by atoms with Gasteiger partial charge in [0.25, 0.3) is 11.6 Å². The SMILES string of the molecule is CC(C)Sc1ccc([N+](=O)[O-])cc1C(=O)NCC(=O)O. The third-order valence-electron chi connectivity index (χ3n) is 2.18. The first-order valence-electron chi connectivity index (χ1n) is 5.76. The van der Waals surface area contributed by atoms with Crippen LogP contribution in [0.4, 0.5) is 5.69 Å². The number of nitro groups is 1. The number of nitrogens with one attached hydrogen (secondary N) is 1. The Morgan fingerprint density at radius 2 is 2.10 bits per heavy atom. The van der Waals surface area contributed by atoms with Crippen molar-refractivity contribution in [2.24, 2.45) is 0 Å². The van der Waals surface area contributed by atoms with Crippen molar-refractivity contribution in [3.8, 4) is 0 Å². The van der Waals surface area contributed by atoms with Crippen LogP contribution in [-0.2, 0) is 4.79 Å². The van der Waals surface area contributed by atoms with Crippen LogP contribution >= 0.6 is 11.8 Å². The van der Waals surface area contributed by atoms with Crippen molar-refractivity contribution < 1.29 is 19.6 Å². The molecule has 0 atom stereocenters. The Hall–Kier alpha value is -2.09. The number of carbonyl (C=O) groups is 2. The van der Waals surface area contributed by atoms with E-state index in [1.807, 2.05) is 13.8 Å². The minimum atomic E-state index is -1.18. The second kappa shape index (κ2) is 6.90. The summed E-state index contributed by atoms with van der Waals surface area (Å²) in [6.45, 7) is 3.31. The van der Waals surface area contributed by atoms with Crippen LogP contribution in [0.5, 0.6) is 0 Å². The molecule has 1 aromatic rings. The van der Waals surface area contributed by atoms with Gasteiger partial charge in [0.1, 0.15) is 6.54 Å². The molecule has 0 aliphatic heterocycles. The number of carbonyl (C=O) groups excluding carboxylic acids is 1. The number of non-ortho nitro benzene ring substituents is 1. The number of thioether (sulfide) groups is 1. The van der Waals surface area contributed by atoms with Gasteiger partial charge in [0.15, 0.2) is 0 Å². The van der Waals surface area contributed by atoms with Crippen LogP contribution in [-0.4, -0.2) is 33.7 Å². The fourth-order valence-electron chi connectivity index (χ4n) is 1.42. The van der Waals surface area contributed by atoms with Crippen LogP contribution in [0.3, 0.4) is 0 Å². The summed E-state index contributed by atoms with van der Waals surface area (Å²) in [5.41, 5.74) is -0.0993. The van der Waals surface area contributed by atoms with E-state index in [4.69, 9.17) is 5.11 Å². The van der Waals surface area contributed by atoms with Gasteiger partial charge in [-0.3, -0.25) is 19.7 Å². The van der Waals surface area contributed by atoms with E-state index in [9.17, 15) is 19.7 Å². The Morgan fingerprint density at radius 1 is 1.45 bits per heavy atom. The summed E-state index contributed by atoms with van der Waals surface area (Å²) in [6, 6.07) is 3.97. The summed E-state index contributed by atoms with van der Waals surface area (Å²) in [5, 5.41) is 21.7. The molecule has 20 heavy (non-hydrogen) atoms. The topological polar surface area (TPSA) is 110 Å². The molecule has 0 bridgehead atoms. The van der Waals surface area contributed by atoms with Crippen molar-refractivity contribution in [1.29, 1.82) is 0 Å². The summed E-state index contributed by atoms with van der Waals surface area (Å²) >= 11 is 1.38. The number of carboxylic acids is 1. The van der Waals surface area contributed by atoms with E-state index in [-0.39, 0.29) is 16.5 Å². The molecular formula is C12H14N2O5S. The van der Waals surface area contributed by atoms with Gasteiger partial charge in [-0.2, -0.15) is 0 Å². The van der Waals surface area contributed by atoms with Crippen molar-refractivity contribution in [1.82, 2.24) is 5.32 Å². The quantitative estimate of drug-likeness (QED) is 0.471. The molecule has 0 fully saturated rings. The van der Waals surface area contributed by atoms with Crippen LogP contribution in [0.25, 0.3) is 0 Å². The van der Waals surface area contributed by atoms with Crippen LogP contribution in [0.1, 0.15) is 24.2 Å². The van der Waals surface area contributed by atoms with E-state index in [1.54, 1.807) is 0 Å². The molecule has 1 aromatic carbocycles. The van der Waals surface area contributed by atoms with Gasteiger partial charge in [0.2, 0.25) is 0 Å². The Bertz CT molecular complexity index is 545. The van der Waals surface area contributed by atoms with E-state index in [2.05, 4.69) is 5.32 Å². The predicted octanol–water partition coefficient (Wildman–Crippen LogP) is 1.91. The van der Waals surface area contributed by atoms with Crippen molar-refractivity contribution in [2.45, 2.75) is 24.0 Å². The number of hydrogen-bond donors (Lipinski definition) is 2. The molecule has 0 aromatic heterocycles. The molecule has 0 saturated carbocycles. The minimum Gasteiger partial charge on any atom is -0.480 e. The van der Waals surface area contributed by atoms with Crippen LogP contribution in [0, 0.1) is 10.1 Å². The lowest BCUT2D eigenvalue weighted by Crippen LogP contribution is -2.29. The number of amides is 1. The molecule has 0 unspecified atom stereocenters. The molecule has 108 valence electrons. The monoisotopic (exact) mass is 298 g/mol. The Morgan fingerprint density at radius 3 is 2.60 bits per heavy atom. The zero-order valence-corrected chi connectivity index (χ0v) is 11.8. The molecule has 8 heteroatoms. The number of carboxylic acid groups (broad SMARTS) is 1. The zero-order valence-electron chi connectivity index (χ0n) is 11.0. The summed E-state index contributed by atoms with van der Waals surface area (Å²) in [6.07, 6.45) is 0. The van der Waals surface area contributed by atoms with Gasteiger partial charge in [-0.25, -0.2) is 0 Å². The smallest absolute Gasteiger partial charge is 0.322 e. The molecule has 0 aliphatic carbocycles. The molecular weight excluding hydrogens is 284 g/mol. The lowest BCUT2D eigenvalue weighted by Gasteiger charge is -2.10.